The summed E-state index contributed by atoms with van der Waals surface area (Å²) in [6.07, 6.45) is 2.57. The summed E-state index contributed by atoms with van der Waals surface area (Å²) in [5.41, 5.74) is 2.96. The summed E-state index contributed by atoms with van der Waals surface area (Å²) in [6.45, 7) is 0.416. The Labute approximate surface area is 155 Å². The van der Waals surface area contributed by atoms with Crippen molar-refractivity contribution in [3.63, 3.8) is 0 Å². The van der Waals surface area contributed by atoms with E-state index in [4.69, 9.17) is 5.26 Å². The molecule has 3 aromatic rings. The number of aromatic nitrogens is 4. The Morgan fingerprint density at radius 2 is 2.07 bits per heavy atom. The number of nitrogens with one attached hydrogen (secondary N) is 1. The van der Waals surface area contributed by atoms with Crippen LogP contribution < -0.4 is 5.32 Å². The zero-order valence-corrected chi connectivity index (χ0v) is 14.5. The Kier molecular flexibility index (Phi) is 5.20. The van der Waals surface area contributed by atoms with Crippen LogP contribution in [-0.4, -0.2) is 32.6 Å². The Balaban J connectivity index is 2.16. The van der Waals surface area contributed by atoms with Gasteiger partial charge in [-0.2, -0.15) is 10.5 Å². The van der Waals surface area contributed by atoms with E-state index >= 15 is 0 Å². The lowest BCUT2D eigenvalue weighted by Crippen LogP contribution is -2.04. The Morgan fingerprint density at radius 1 is 1.22 bits per heavy atom. The van der Waals surface area contributed by atoms with Gasteiger partial charge in [0.2, 0.25) is 0 Å². The molecule has 1 aromatic carbocycles. The Hall–Kier alpha value is -4.04. The van der Waals surface area contributed by atoms with E-state index in [1.54, 1.807) is 35.2 Å². The van der Waals surface area contributed by atoms with E-state index in [1.807, 2.05) is 19.2 Å². The van der Waals surface area contributed by atoms with Crippen LogP contribution in [0.1, 0.15) is 22.5 Å². The first-order chi connectivity index (χ1) is 13.2. The van der Waals surface area contributed by atoms with Crippen LogP contribution in [0.3, 0.4) is 0 Å². The molecule has 0 amide bonds. The van der Waals surface area contributed by atoms with Crippen LogP contribution >= 0.6 is 0 Å². The molecular formula is C19H15N7O. The Bertz CT molecular complexity index is 1070. The van der Waals surface area contributed by atoms with Crippen LogP contribution in [0.5, 0.6) is 0 Å². The van der Waals surface area contributed by atoms with E-state index in [1.165, 1.54) is 0 Å². The van der Waals surface area contributed by atoms with E-state index in [0.717, 1.165) is 11.1 Å². The molecule has 2 heterocycles. The molecule has 0 spiro atoms. The number of nitriles is 2. The minimum Gasteiger partial charge on any atom is -0.369 e. The highest BCUT2D eigenvalue weighted by molar-refractivity contribution is 5.85. The molecular weight excluding hydrogens is 342 g/mol. The first kappa shape index (κ1) is 17.8. The lowest BCUT2D eigenvalue weighted by Gasteiger charge is -2.12. The van der Waals surface area contributed by atoms with E-state index in [0.29, 0.717) is 42.0 Å². The van der Waals surface area contributed by atoms with Gasteiger partial charge >= 0.3 is 0 Å². The molecule has 2 aromatic heterocycles. The van der Waals surface area contributed by atoms with Crippen molar-refractivity contribution in [1.29, 1.82) is 10.5 Å². The van der Waals surface area contributed by atoms with Crippen LogP contribution in [0, 0.1) is 22.7 Å². The molecule has 0 atom stereocenters. The summed E-state index contributed by atoms with van der Waals surface area (Å²) < 4.78 is 1.78. The van der Waals surface area contributed by atoms with Gasteiger partial charge in [0.25, 0.3) is 0 Å². The van der Waals surface area contributed by atoms with Crippen LogP contribution in [0.4, 0.5) is 5.82 Å². The van der Waals surface area contributed by atoms with Crippen LogP contribution in [-0.2, 0) is 7.05 Å². The van der Waals surface area contributed by atoms with Gasteiger partial charge in [-0.05, 0) is 41.5 Å². The largest absolute Gasteiger partial charge is 0.369 e. The summed E-state index contributed by atoms with van der Waals surface area (Å²) in [5.74, 6) is 1.12. The fourth-order valence-electron chi connectivity index (χ4n) is 2.68. The molecule has 0 aliphatic carbocycles. The topological polar surface area (TPSA) is 120 Å². The molecule has 3 rings (SSSR count). The highest BCUT2D eigenvalue weighted by Gasteiger charge is 2.15. The number of aryl methyl sites for hydroxylation is 1. The van der Waals surface area contributed by atoms with Gasteiger partial charge in [0, 0.05) is 19.2 Å². The van der Waals surface area contributed by atoms with Gasteiger partial charge in [-0.15, -0.1) is 10.2 Å². The predicted molar refractivity (Wildman–Crippen MR) is 98.5 cm³/mol. The molecule has 0 bridgehead atoms. The van der Waals surface area contributed by atoms with Gasteiger partial charge in [-0.25, -0.2) is 4.98 Å². The van der Waals surface area contributed by atoms with Crippen molar-refractivity contribution in [1.82, 2.24) is 19.7 Å². The minimum absolute atomic E-state index is 0.248. The highest BCUT2D eigenvalue weighted by atomic mass is 16.1. The fourth-order valence-corrected chi connectivity index (χ4v) is 2.68. The predicted octanol–water partition coefficient (Wildman–Crippen LogP) is 2.55. The van der Waals surface area contributed by atoms with Crippen LogP contribution in [0.25, 0.3) is 22.5 Å². The normalized spacial score (nSPS) is 10.0. The minimum atomic E-state index is 0.248. The summed E-state index contributed by atoms with van der Waals surface area (Å²) in [7, 11) is 1.83. The van der Waals surface area contributed by atoms with Crippen molar-refractivity contribution in [2.24, 2.45) is 7.05 Å². The smallest absolute Gasteiger partial charge is 0.168 e. The SMILES string of the molecule is Cn1cnnc1-c1ccc(C#N)cc1-c1cc(C=O)nc(NCCC#N)c1. The van der Waals surface area contributed by atoms with Gasteiger partial charge in [0.1, 0.15) is 17.8 Å². The zero-order chi connectivity index (χ0) is 19.2. The second-order valence-electron chi connectivity index (χ2n) is 5.76. The van der Waals surface area contributed by atoms with Crippen molar-refractivity contribution >= 4 is 12.1 Å². The van der Waals surface area contributed by atoms with Gasteiger partial charge < -0.3 is 9.88 Å². The molecule has 8 heteroatoms. The van der Waals surface area contributed by atoms with E-state index in [-0.39, 0.29) is 5.69 Å². The Morgan fingerprint density at radius 3 is 2.74 bits per heavy atom. The van der Waals surface area contributed by atoms with Crippen molar-refractivity contribution < 1.29 is 4.79 Å². The zero-order valence-electron chi connectivity index (χ0n) is 14.5. The lowest BCUT2D eigenvalue weighted by atomic mass is 9.97. The van der Waals surface area contributed by atoms with Crippen LogP contribution in [0.2, 0.25) is 0 Å². The van der Waals surface area contributed by atoms with Gasteiger partial charge in [0.15, 0.2) is 12.1 Å². The summed E-state index contributed by atoms with van der Waals surface area (Å²) in [5, 5.41) is 29.1. The van der Waals surface area contributed by atoms with Crippen LogP contribution in [0.15, 0.2) is 36.7 Å². The number of carbonyl (C=O) groups is 1. The molecule has 0 saturated carbocycles. The fraction of sp³-hybridized carbons (Fsp3) is 0.158. The number of benzene rings is 1. The first-order valence-corrected chi connectivity index (χ1v) is 8.13. The second-order valence-corrected chi connectivity index (χ2v) is 5.76. The average molecular weight is 357 g/mol. The number of hydrogen-bond acceptors (Lipinski definition) is 7. The van der Waals surface area contributed by atoms with E-state index < -0.39 is 0 Å². The van der Waals surface area contributed by atoms with Crippen molar-refractivity contribution in [3.8, 4) is 34.7 Å². The quantitative estimate of drug-likeness (QED) is 0.531. The van der Waals surface area contributed by atoms with Gasteiger partial charge in [-0.3, -0.25) is 4.79 Å². The number of nitrogens with zero attached hydrogens (tertiary/aromatic N) is 6. The van der Waals surface area contributed by atoms with Crippen molar-refractivity contribution in [2.75, 3.05) is 11.9 Å². The van der Waals surface area contributed by atoms with Crippen molar-refractivity contribution in [3.05, 3.63) is 47.9 Å². The van der Waals surface area contributed by atoms with E-state index in [9.17, 15) is 10.1 Å². The third kappa shape index (κ3) is 3.80. The highest BCUT2D eigenvalue weighted by Crippen LogP contribution is 2.33. The lowest BCUT2D eigenvalue weighted by molar-refractivity contribution is 0.111. The summed E-state index contributed by atoms with van der Waals surface area (Å²) in [4.78, 5) is 15.6. The molecule has 132 valence electrons. The van der Waals surface area contributed by atoms with Gasteiger partial charge in [0.05, 0.1) is 24.1 Å². The number of carbonyl (C=O) groups excluding carboxylic acids is 1. The molecule has 0 aliphatic rings. The monoisotopic (exact) mass is 357 g/mol. The molecule has 0 unspecified atom stereocenters. The maximum Gasteiger partial charge on any atom is 0.168 e. The van der Waals surface area contributed by atoms with E-state index in [2.05, 4.69) is 26.6 Å². The molecule has 8 nitrogen and oxygen atoms in total. The summed E-state index contributed by atoms with van der Waals surface area (Å²) in [6, 6.07) is 12.9. The maximum atomic E-state index is 11.3. The molecule has 27 heavy (non-hydrogen) atoms. The maximum absolute atomic E-state index is 11.3. The third-order valence-corrected chi connectivity index (χ3v) is 3.92. The number of rotatable bonds is 6. The number of anilines is 1. The standard InChI is InChI=1S/C19H15N7O/c1-26-12-23-25-19(26)16-4-3-13(10-21)7-17(16)14-8-15(11-27)24-18(9-14)22-6-2-5-20/h3-4,7-9,11-12H,2,6H2,1H3,(H,22,24). The third-order valence-electron chi connectivity index (χ3n) is 3.92. The molecule has 1 N–H and O–H groups in total. The number of aldehydes is 1. The molecule has 0 aliphatic heterocycles. The first-order valence-electron chi connectivity index (χ1n) is 8.13. The molecule has 0 radical (unpaired) electrons. The van der Waals surface area contributed by atoms with Crippen molar-refractivity contribution in [2.45, 2.75) is 6.42 Å². The summed E-state index contributed by atoms with van der Waals surface area (Å²) >= 11 is 0. The average Bonchev–Trinajstić information content (AvgIpc) is 3.13. The molecule has 0 saturated heterocycles. The molecule has 0 fully saturated rings. The second kappa shape index (κ2) is 7.89. The van der Waals surface area contributed by atoms with Gasteiger partial charge in [-0.1, -0.05) is 0 Å². The number of hydrogen-bond donors (Lipinski definition) is 1. The number of pyridine rings is 1.